The highest BCUT2D eigenvalue weighted by atomic mass is 16.5. The maximum absolute atomic E-state index is 5.31. The molecule has 1 aliphatic carbocycles. The molecule has 0 amide bonds. The Bertz CT molecular complexity index is 398. The van der Waals surface area contributed by atoms with Gasteiger partial charge in [0.05, 0.1) is 7.11 Å². The lowest BCUT2D eigenvalue weighted by molar-refractivity contribution is 0.257. The quantitative estimate of drug-likeness (QED) is 0.863. The summed E-state index contributed by atoms with van der Waals surface area (Å²) in [6.07, 6.45) is 6.76. The van der Waals surface area contributed by atoms with Crippen LogP contribution in [0.25, 0.3) is 0 Å². The van der Waals surface area contributed by atoms with Crippen molar-refractivity contribution in [3.8, 4) is 5.75 Å². The highest BCUT2D eigenvalue weighted by molar-refractivity contribution is 5.39. The molecule has 0 aromatic heterocycles. The van der Waals surface area contributed by atoms with Crippen molar-refractivity contribution in [2.75, 3.05) is 13.7 Å². The number of ether oxygens (including phenoxy) is 1. The van der Waals surface area contributed by atoms with Crippen molar-refractivity contribution >= 4 is 0 Å². The molecule has 1 aliphatic heterocycles. The van der Waals surface area contributed by atoms with Gasteiger partial charge in [-0.3, -0.25) is 0 Å². The summed E-state index contributed by atoms with van der Waals surface area (Å²) in [5.74, 6) is 1.95. The molecule has 1 N–H and O–H groups in total. The third-order valence-corrected chi connectivity index (χ3v) is 4.30. The van der Waals surface area contributed by atoms with E-state index in [9.17, 15) is 0 Å². The second kappa shape index (κ2) is 4.69. The van der Waals surface area contributed by atoms with Gasteiger partial charge in [0.25, 0.3) is 0 Å². The van der Waals surface area contributed by atoms with Gasteiger partial charge in [-0.1, -0.05) is 25.3 Å². The van der Waals surface area contributed by atoms with E-state index in [1.165, 1.54) is 36.8 Å². The Labute approximate surface area is 103 Å². The monoisotopic (exact) mass is 231 g/mol. The van der Waals surface area contributed by atoms with E-state index in [4.69, 9.17) is 4.74 Å². The molecule has 1 heterocycles. The molecule has 2 heteroatoms. The number of rotatable bonds is 3. The molecule has 1 saturated carbocycles. The Kier molecular flexibility index (Phi) is 3.06. The van der Waals surface area contributed by atoms with Gasteiger partial charge in [0.15, 0.2) is 0 Å². The predicted molar refractivity (Wildman–Crippen MR) is 69.4 cm³/mol. The van der Waals surface area contributed by atoms with E-state index in [1.54, 1.807) is 7.11 Å². The second-order valence-electron chi connectivity index (χ2n) is 5.35. The van der Waals surface area contributed by atoms with Gasteiger partial charge in [0.2, 0.25) is 0 Å². The summed E-state index contributed by atoms with van der Waals surface area (Å²) in [4.78, 5) is 0. The topological polar surface area (TPSA) is 21.3 Å². The first-order valence-corrected chi connectivity index (χ1v) is 6.77. The molecule has 3 rings (SSSR count). The van der Waals surface area contributed by atoms with Crippen LogP contribution in [0.1, 0.15) is 42.9 Å². The maximum Gasteiger partial charge on any atom is 0.119 e. The summed E-state index contributed by atoms with van der Waals surface area (Å²) >= 11 is 0. The first kappa shape index (κ1) is 11.1. The van der Waals surface area contributed by atoms with Gasteiger partial charge in [0, 0.05) is 6.04 Å². The summed E-state index contributed by atoms with van der Waals surface area (Å²) in [5.41, 5.74) is 2.98. The fourth-order valence-electron chi connectivity index (χ4n) is 3.03. The van der Waals surface area contributed by atoms with E-state index in [-0.39, 0.29) is 0 Å². The first-order valence-electron chi connectivity index (χ1n) is 6.77. The molecule has 1 atom stereocenters. The Balaban J connectivity index is 1.80. The highest BCUT2D eigenvalue weighted by Gasteiger charge is 2.26. The molecule has 2 aliphatic rings. The molecule has 1 aromatic carbocycles. The zero-order valence-electron chi connectivity index (χ0n) is 10.5. The van der Waals surface area contributed by atoms with Crippen molar-refractivity contribution in [1.82, 2.24) is 5.32 Å². The van der Waals surface area contributed by atoms with E-state index in [0.717, 1.165) is 24.6 Å². The number of hydrogen-bond donors (Lipinski definition) is 1. The molecule has 0 saturated heterocycles. The Morgan fingerprint density at radius 1 is 1.35 bits per heavy atom. The van der Waals surface area contributed by atoms with Crippen molar-refractivity contribution in [2.24, 2.45) is 5.92 Å². The van der Waals surface area contributed by atoms with Crippen molar-refractivity contribution in [2.45, 2.75) is 38.1 Å². The van der Waals surface area contributed by atoms with Gasteiger partial charge < -0.3 is 10.1 Å². The predicted octanol–water partition coefficient (Wildman–Crippen LogP) is 3.07. The van der Waals surface area contributed by atoms with Crippen molar-refractivity contribution in [3.63, 3.8) is 0 Å². The minimum Gasteiger partial charge on any atom is -0.497 e. The standard InChI is InChI=1S/C15H21NO/c1-17-13-5-6-14-12(10-13)7-8-16-15(14)9-11-3-2-4-11/h5-6,10-11,15-16H,2-4,7-9H2,1H3. The van der Waals surface area contributed by atoms with Crippen LogP contribution in [0.2, 0.25) is 0 Å². The summed E-state index contributed by atoms with van der Waals surface area (Å²) < 4.78 is 5.31. The van der Waals surface area contributed by atoms with Crippen LogP contribution in [0, 0.1) is 5.92 Å². The highest BCUT2D eigenvalue weighted by Crippen LogP contribution is 2.37. The molecule has 1 unspecified atom stereocenters. The van der Waals surface area contributed by atoms with Crippen LogP contribution < -0.4 is 10.1 Å². The van der Waals surface area contributed by atoms with E-state index in [1.807, 2.05) is 0 Å². The number of benzene rings is 1. The summed E-state index contributed by atoms with van der Waals surface area (Å²) in [6.45, 7) is 1.11. The van der Waals surface area contributed by atoms with Crippen LogP contribution in [-0.4, -0.2) is 13.7 Å². The number of fused-ring (bicyclic) bond motifs is 1. The molecule has 2 nitrogen and oxygen atoms in total. The van der Waals surface area contributed by atoms with Gasteiger partial charge >= 0.3 is 0 Å². The molecule has 0 bridgehead atoms. The average molecular weight is 231 g/mol. The SMILES string of the molecule is COc1ccc2c(c1)CCNC2CC1CCC1. The molecule has 0 radical (unpaired) electrons. The van der Waals surface area contributed by atoms with Crippen LogP contribution in [0.4, 0.5) is 0 Å². The van der Waals surface area contributed by atoms with Gasteiger partial charge in [0.1, 0.15) is 5.75 Å². The Hall–Kier alpha value is -1.02. The molecular formula is C15H21NO. The lowest BCUT2D eigenvalue weighted by atomic mass is 9.78. The smallest absolute Gasteiger partial charge is 0.119 e. The van der Waals surface area contributed by atoms with E-state index in [2.05, 4.69) is 23.5 Å². The first-order chi connectivity index (χ1) is 8.36. The molecule has 0 spiro atoms. The third kappa shape index (κ3) is 2.19. The average Bonchev–Trinajstić information content (AvgIpc) is 2.33. The molecule has 17 heavy (non-hydrogen) atoms. The zero-order valence-corrected chi connectivity index (χ0v) is 10.5. The van der Waals surface area contributed by atoms with E-state index < -0.39 is 0 Å². The third-order valence-electron chi connectivity index (χ3n) is 4.30. The van der Waals surface area contributed by atoms with Crippen LogP contribution in [0.3, 0.4) is 0 Å². The van der Waals surface area contributed by atoms with Gasteiger partial charge in [-0.15, -0.1) is 0 Å². The summed E-state index contributed by atoms with van der Waals surface area (Å²) in [7, 11) is 1.74. The van der Waals surface area contributed by atoms with Gasteiger partial charge in [-0.2, -0.15) is 0 Å². The number of hydrogen-bond acceptors (Lipinski definition) is 2. The lowest BCUT2D eigenvalue weighted by Gasteiger charge is -2.33. The normalized spacial score (nSPS) is 23.9. The lowest BCUT2D eigenvalue weighted by Crippen LogP contribution is -2.32. The fraction of sp³-hybridized carbons (Fsp3) is 0.600. The van der Waals surface area contributed by atoms with Crippen LogP contribution in [-0.2, 0) is 6.42 Å². The van der Waals surface area contributed by atoms with Crippen LogP contribution in [0.5, 0.6) is 5.75 Å². The minimum atomic E-state index is 0.579. The van der Waals surface area contributed by atoms with Gasteiger partial charge in [-0.25, -0.2) is 0 Å². The Morgan fingerprint density at radius 3 is 2.94 bits per heavy atom. The number of nitrogens with one attached hydrogen (secondary N) is 1. The zero-order chi connectivity index (χ0) is 11.7. The number of methoxy groups -OCH3 is 1. The van der Waals surface area contributed by atoms with Crippen molar-refractivity contribution in [1.29, 1.82) is 0 Å². The molecule has 1 aromatic rings. The molecular weight excluding hydrogens is 210 g/mol. The largest absolute Gasteiger partial charge is 0.497 e. The maximum atomic E-state index is 5.31. The van der Waals surface area contributed by atoms with Crippen LogP contribution in [0.15, 0.2) is 18.2 Å². The van der Waals surface area contributed by atoms with Crippen LogP contribution >= 0.6 is 0 Å². The minimum absolute atomic E-state index is 0.579. The summed E-state index contributed by atoms with van der Waals surface area (Å²) in [6, 6.07) is 7.14. The fourth-order valence-corrected chi connectivity index (χ4v) is 3.03. The molecule has 92 valence electrons. The van der Waals surface area contributed by atoms with E-state index >= 15 is 0 Å². The van der Waals surface area contributed by atoms with Gasteiger partial charge in [-0.05, 0) is 48.6 Å². The molecule has 1 fully saturated rings. The van der Waals surface area contributed by atoms with E-state index in [0.29, 0.717) is 6.04 Å². The second-order valence-corrected chi connectivity index (χ2v) is 5.35. The van der Waals surface area contributed by atoms with Crippen molar-refractivity contribution in [3.05, 3.63) is 29.3 Å². The summed E-state index contributed by atoms with van der Waals surface area (Å²) in [5, 5.41) is 3.67. The Morgan fingerprint density at radius 2 is 2.24 bits per heavy atom. The van der Waals surface area contributed by atoms with Crippen molar-refractivity contribution < 1.29 is 4.74 Å².